The van der Waals surface area contributed by atoms with E-state index in [9.17, 15) is 0 Å². The molecule has 0 bridgehead atoms. The molecule has 3 aromatic heterocycles. The van der Waals surface area contributed by atoms with Gasteiger partial charge in [0.1, 0.15) is 17.7 Å². The van der Waals surface area contributed by atoms with Crippen molar-refractivity contribution in [3.63, 3.8) is 0 Å². The molecular formula is C21H24N6O. The summed E-state index contributed by atoms with van der Waals surface area (Å²) in [5.41, 5.74) is 5.99. The Morgan fingerprint density at radius 3 is 2.86 bits per heavy atom. The molecule has 0 amide bonds. The van der Waals surface area contributed by atoms with Gasteiger partial charge in [0.05, 0.1) is 12.3 Å². The van der Waals surface area contributed by atoms with E-state index in [0.717, 1.165) is 62.0 Å². The van der Waals surface area contributed by atoms with Crippen LogP contribution in [0.25, 0.3) is 5.52 Å². The third kappa shape index (κ3) is 2.60. The minimum atomic E-state index is 0.327. The molecule has 28 heavy (non-hydrogen) atoms. The minimum absolute atomic E-state index is 0.327. The molecule has 2 fully saturated rings. The highest BCUT2D eigenvalue weighted by molar-refractivity contribution is 5.73. The Labute approximate surface area is 163 Å². The van der Waals surface area contributed by atoms with Crippen molar-refractivity contribution in [1.29, 1.82) is 0 Å². The zero-order chi connectivity index (χ0) is 18.7. The standard InChI is InChI=1S/C21H24N6O/c1-13-24-19(16-7-9-28-11-16)20-21(22-12-23-27(13)20)26-8-6-18-15(10-26)4-5-17(25-18)14-2-3-14/h4-5,12,14,16H,2-3,6-11H2,1H3. The van der Waals surface area contributed by atoms with Crippen LogP contribution in [0.4, 0.5) is 5.82 Å². The third-order valence-corrected chi connectivity index (χ3v) is 6.28. The Kier molecular flexibility index (Phi) is 3.66. The second kappa shape index (κ2) is 6.24. The molecule has 1 unspecified atom stereocenters. The molecule has 1 saturated heterocycles. The Morgan fingerprint density at radius 1 is 1.11 bits per heavy atom. The molecule has 7 nitrogen and oxygen atoms in total. The number of hydrogen-bond donors (Lipinski definition) is 0. The van der Waals surface area contributed by atoms with Gasteiger partial charge in [-0.15, -0.1) is 0 Å². The highest BCUT2D eigenvalue weighted by Crippen LogP contribution is 2.40. The molecule has 7 heteroatoms. The van der Waals surface area contributed by atoms with Crippen LogP contribution in [0.2, 0.25) is 0 Å². The Balaban J connectivity index is 1.39. The number of rotatable bonds is 3. The highest BCUT2D eigenvalue weighted by atomic mass is 16.5. The number of fused-ring (bicyclic) bond motifs is 2. The van der Waals surface area contributed by atoms with E-state index in [4.69, 9.17) is 19.7 Å². The van der Waals surface area contributed by atoms with Crippen molar-refractivity contribution in [3.8, 4) is 0 Å². The van der Waals surface area contributed by atoms with Gasteiger partial charge in [-0.05, 0) is 37.8 Å². The summed E-state index contributed by atoms with van der Waals surface area (Å²) >= 11 is 0. The maximum Gasteiger partial charge on any atom is 0.158 e. The van der Waals surface area contributed by atoms with Gasteiger partial charge in [0.15, 0.2) is 5.82 Å². The van der Waals surface area contributed by atoms with Crippen molar-refractivity contribution in [1.82, 2.24) is 24.6 Å². The van der Waals surface area contributed by atoms with Crippen molar-refractivity contribution >= 4 is 11.3 Å². The topological polar surface area (TPSA) is 68.4 Å². The fourth-order valence-corrected chi connectivity index (χ4v) is 4.58. The predicted molar refractivity (Wildman–Crippen MR) is 105 cm³/mol. The van der Waals surface area contributed by atoms with E-state index in [1.54, 1.807) is 6.33 Å². The summed E-state index contributed by atoms with van der Waals surface area (Å²) in [7, 11) is 0. The van der Waals surface area contributed by atoms with Crippen molar-refractivity contribution in [2.24, 2.45) is 0 Å². The summed E-state index contributed by atoms with van der Waals surface area (Å²) < 4.78 is 7.57. The predicted octanol–water partition coefficient (Wildman–Crippen LogP) is 2.77. The van der Waals surface area contributed by atoms with E-state index < -0.39 is 0 Å². The first kappa shape index (κ1) is 16.4. The number of imidazole rings is 1. The molecule has 0 N–H and O–H groups in total. The van der Waals surface area contributed by atoms with Crippen LogP contribution in [0.5, 0.6) is 0 Å². The molecular weight excluding hydrogens is 352 g/mol. The molecule has 2 aliphatic heterocycles. The molecule has 144 valence electrons. The lowest BCUT2D eigenvalue weighted by Crippen LogP contribution is -2.32. The van der Waals surface area contributed by atoms with Crippen LogP contribution in [0, 0.1) is 6.92 Å². The van der Waals surface area contributed by atoms with Gasteiger partial charge < -0.3 is 9.64 Å². The van der Waals surface area contributed by atoms with Crippen molar-refractivity contribution < 1.29 is 4.74 Å². The lowest BCUT2D eigenvalue weighted by atomic mass is 10.0. The van der Waals surface area contributed by atoms with Crippen molar-refractivity contribution in [2.75, 3.05) is 24.7 Å². The van der Waals surface area contributed by atoms with Gasteiger partial charge in [0.25, 0.3) is 0 Å². The molecule has 0 spiro atoms. The van der Waals surface area contributed by atoms with Crippen LogP contribution in [0.3, 0.4) is 0 Å². The molecule has 5 heterocycles. The molecule has 1 aliphatic carbocycles. The minimum Gasteiger partial charge on any atom is -0.381 e. The van der Waals surface area contributed by atoms with E-state index in [1.807, 2.05) is 11.4 Å². The first-order valence-corrected chi connectivity index (χ1v) is 10.3. The largest absolute Gasteiger partial charge is 0.381 e. The smallest absolute Gasteiger partial charge is 0.158 e. The van der Waals surface area contributed by atoms with E-state index in [1.165, 1.54) is 29.8 Å². The molecule has 6 rings (SSSR count). The number of hydrogen-bond acceptors (Lipinski definition) is 6. The third-order valence-electron chi connectivity index (χ3n) is 6.28. The maximum absolute atomic E-state index is 5.63. The van der Waals surface area contributed by atoms with Gasteiger partial charge in [-0.1, -0.05) is 6.07 Å². The van der Waals surface area contributed by atoms with E-state index in [2.05, 4.69) is 22.1 Å². The summed E-state index contributed by atoms with van der Waals surface area (Å²) in [6, 6.07) is 4.49. The van der Waals surface area contributed by atoms with E-state index in [-0.39, 0.29) is 0 Å². The van der Waals surface area contributed by atoms with Crippen LogP contribution in [-0.2, 0) is 17.7 Å². The van der Waals surface area contributed by atoms with Crippen LogP contribution < -0.4 is 4.90 Å². The summed E-state index contributed by atoms with van der Waals surface area (Å²) in [5.74, 6) is 2.92. The number of aryl methyl sites for hydroxylation is 1. The van der Waals surface area contributed by atoms with Gasteiger partial charge >= 0.3 is 0 Å². The number of aromatic nitrogens is 5. The second-order valence-corrected chi connectivity index (χ2v) is 8.24. The van der Waals surface area contributed by atoms with Gasteiger partial charge in [0, 0.05) is 49.3 Å². The maximum atomic E-state index is 5.63. The average Bonchev–Trinajstić information content (AvgIpc) is 3.33. The Hall–Kier alpha value is -2.54. The van der Waals surface area contributed by atoms with Gasteiger partial charge in [-0.3, -0.25) is 4.98 Å². The molecule has 0 aromatic carbocycles. The summed E-state index contributed by atoms with van der Waals surface area (Å²) in [4.78, 5) is 16.9. The zero-order valence-electron chi connectivity index (χ0n) is 16.1. The second-order valence-electron chi connectivity index (χ2n) is 8.24. The van der Waals surface area contributed by atoms with Crippen molar-refractivity contribution in [2.45, 2.75) is 51.0 Å². The highest BCUT2D eigenvalue weighted by Gasteiger charge is 2.30. The quantitative estimate of drug-likeness (QED) is 0.700. The number of anilines is 1. The molecule has 1 saturated carbocycles. The SMILES string of the molecule is Cc1nc(C2CCOC2)c2c(N3CCc4nc(C5CC5)ccc4C3)ncnn12. The first-order valence-electron chi connectivity index (χ1n) is 10.3. The van der Waals surface area contributed by atoms with Crippen LogP contribution in [-0.4, -0.2) is 44.3 Å². The lowest BCUT2D eigenvalue weighted by molar-refractivity contribution is 0.193. The van der Waals surface area contributed by atoms with Crippen LogP contribution in [0.15, 0.2) is 18.5 Å². The molecule has 1 atom stereocenters. The fourth-order valence-electron chi connectivity index (χ4n) is 4.58. The number of ether oxygens (including phenoxy) is 1. The lowest BCUT2D eigenvalue weighted by Gasteiger charge is -2.30. The molecule has 0 radical (unpaired) electrons. The number of nitrogens with zero attached hydrogens (tertiary/aromatic N) is 6. The fraction of sp³-hybridized carbons (Fsp3) is 0.524. The average molecular weight is 376 g/mol. The summed E-state index contributed by atoms with van der Waals surface area (Å²) in [5, 5.41) is 4.47. The number of pyridine rings is 1. The monoisotopic (exact) mass is 376 g/mol. The molecule has 3 aromatic rings. The normalized spacial score (nSPS) is 22.0. The Morgan fingerprint density at radius 2 is 2.04 bits per heavy atom. The molecule has 3 aliphatic rings. The van der Waals surface area contributed by atoms with Gasteiger partial charge in [0.2, 0.25) is 0 Å². The van der Waals surface area contributed by atoms with Gasteiger partial charge in [-0.2, -0.15) is 5.10 Å². The Bertz CT molecular complexity index is 1050. The van der Waals surface area contributed by atoms with Crippen molar-refractivity contribution in [3.05, 3.63) is 46.9 Å². The first-order chi connectivity index (χ1) is 13.8. The van der Waals surface area contributed by atoms with Gasteiger partial charge in [-0.25, -0.2) is 14.5 Å². The summed E-state index contributed by atoms with van der Waals surface area (Å²) in [6.07, 6.45) is 6.21. The van der Waals surface area contributed by atoms with Crippen LogP contribution >= 0.6 is 0 Å². The van der Waals surface area contributed by atoms with E-state index >= 15 is 0 Å². The zero-order valence-corrected chi connectivity index (χ0v) is 16.1. The van der Waals surface area contributed by atoms with Crippen LogP contribution in [0.1, 0.15) is 59.6 Å². The van der Waals surface area contributed by atoms with E-state index in [0.29, 0.717) is 11.8 Å². The summed E-state index contributed by atoms with van der Waals surface area (Å²) in [6.45, 7) is 5.31.